The van der Waals surface area contributed by atoms with E-state index in [4.69, 9.17) is 5.73 Å². The van der Waals surface area contributed by atoms with Gasteiger partial charge < -0.3 is 11.1 Å². The highest BCUT2D eigenvalue weighted by Gasteiger charge is 2.34. The maximum absolute atomic E-state index is 13.7. The monoisotopic (exact) mass is 575 g/mol. The number of likely N-dealkylation sites (tertiary alicyclic amines) is 1. The van der Waals surface area contributed by atoms with Crippen molar-refractivity contribution in [2.75, 3.05) is 18.4 Å². The smallest absolute Gasteiger partial charge is 0.369 e. The van der Waals surface area contributed by atoms with Crippen molar-refractivity contribution in [1.29, 1.82) is 0 Å². The zero-order valence-corrected chi connectivity index (χ0v) is 21.3. The molecule has 214 valence electrons. The number of alkyl halides is 6. The van der Waals surface area contributed by atoms with E-state index in [1.54, 1.807) is 0 Å². The molecule has 14 heteroatoms. The molecule has 3 N–H and O–H groups in total. The molecular formula is C27H23F6N7O. The normalized spacial score (nSPS) is 15.3. The van der Waals surface area contributed by atoms with Crippen molar-refractivity contribution in [3.05, 3.63) is 71.9 Å². The van der Waals surface area contributed by atoms with Crippen LogP contribution in [0, 0.1) is 5.92 Å². The SMILES string of the molecule is NC(=O)C1CCN(Cc2nc(Nc3ccc(C(F)(F)F)nc3)c3ccc(-c4ncccc4C(F)(F)F)cc3n2)CC1. The third kappa shape index (κ3) is 6.37. The minimum atomic E-state index is -4.63. The first-order valence-electron chi connectivity index (χ1n) is 12.5. The summed E-state index contributed by atoms with van der Waals surface area (Å²) in [5.41, 5.74) is 3.90. The van der Waals surface area contributed by atoms with Crippen LogP contribution in [0.5, 0.6) is 0 Å². The number of hydrogen-bond donors (Lipinski definition) is 2. The molecule has 4 heterocycles. The Morgan fingerprint density at radius 1 is 0.976 bits per heavy atom. The van der Waals surface area contributed by atoms with Crippen LogP contribution in [0.15, 0.2) is 54.9 Å². The lowest BCUT2D eigenvalue weighted by atomic mass is 9.96. The minimum Gasteiger partial charge on any atom is -0.369 e. The van der Waals surface area contributed by atoms with E-state index in [0.717, 1.165) is 18.3 Å². The van der Waals surface area contributed by atoms with E-state index < -0.39 is 23.6 Å². The van der Waals surface area contributed by atoms with Gasteiger partial charge in [-0.05, 0) is 62.3 Å². The third-order valence-electron chi connectivity index (χ3n) is 6.80. The molecule has 1 saturated heterocycles. The molecule has 5 rings (SSSR count). The summed E-state index contributed by atoms with van der Waals surface area (Å²) in [5, 5.41) is 3.39. The molecule has 1 aliphatic rings. The number of anilines is 2. The number of benzene rings is 1. The molecule has 1 amide bonds. The van der Waals surface area contributed by atoms with Crippen LogP contribution in [0.2, 0.25) is 0 Å². The molecule has 0 radical (unpaired) electrons. The van der Waals surface area contributed by atoms with Crippen LogP contribution >= 0.6 is 0 Å². The summed E-state index contributed by atoms with van der Waals surface area (Å²) in [6.07, 6.45) is -5.82. The Morgan fingerprint density at radius 3 is 2.37 bits per heavy atom. The van der Waals surface area contributed by atoms with Crippen molar-refractivity contribution < 1.29 is 31.1 Å². The van der Waals surface area contributed by atoms with Gasteiger partial charge in [-0.3, -0.25) is 14.7 Å². The molecule has 0 saturated carbocycles. The van der Waals surface area contributed by atoms with Gasteiger partial charge >= 0.3 is 12.4 Å². The molecular weight excluding hydrogens is 552 g/mol. The van der Waals surface area contributed by atoms with Gasteiger partial charge in [-0.1, -0.05) is 6.07 Å². The van der Waals surface area contributed by atoms with Crippen molar-refractivity contribution >= 4 is 28.3 Å². The number of primary amides is 1. The van der Waals surface area contributed by atoms with E-state index >= 15 is 0 Å². The predicted octanol–water partition coefficient (Wildman–Crippen LogP) is 5.57. The molecule has 3 aromatic heterocycles. The van der Waals surface area contributed by atoms with Crippen LogP contribution in [0.25, 0.3) is 22.2 Å². The van der Waals surface area contributed by atoms with Crippen molar-refractivity contribution in [3.8, 4) is 11.3 Å². The second-order valence-electron chi connectivity index (χ2n) is 9.63. The average molecular weight is 576 g/mol. The van der Waals surface area contributed by atoms with E-state index in [1.165, 1.54) is 36.5 Å². The van der Waals surface area contributed by atoms with Gasteiger partial charge in [0.25, 0.3) is 0 Å². The molecule has 0 unspecified atom stereocenters. The molecule has 8 nitrogen and oxygen atoms in total. The number of hydrogen-bond acceptors (Lipinski definition) is 7. The van der Waals surface area contributed by atoms with Crippen LogP contribution in [0.4, 0.5) is 37.8 Å². The molecule has 0 atom stereocenters. The number of pyridine rings is 2. The number of aromatic nitrogens is 4. The molecule has 4 aromatic rings. The number of nitrogens with zero attached hydrogens (tertiary/aromatic N) is 5. The van der Waals surface area contributed by atoms with Gasteiger partial charge in [-0.2, -0.15) is 26.3 Å². The first kappa shape index (κ1) is 28.2. The first-order chi connectivity index (χ1) is 19.4. The second kappa shape index (κ2) is 10.9. The first-order valence-corrected chi connectivity index (χ1v) is 12.5. The van der Waals surface area contributed by atoms with Gasteiger partial charge in [-0.25, -0.2) is 15.0 Å². The minimum absolute atomic E-state index is 0.180. The van der Waals surface area contributed by atoms with Crippen LogP contribution in [-0.2, 0) is 23.7 Å². The van der Waals surface area contributed by atoms with Gasteiger partial charge in [0.1, 0.15) is 17.3 Å². The highest BCUT2D eigenvalue weighted by atomic mass is 19.4. The fourth-order valence-corrected chi connectivity index (χ4v) is 4.70. The summed E-state index contributed by atoms with van der Waals surface area (Å²) in [6.45, 7) is 1.38. The van der Waals surface area contributed by atoms with E-state index in [9.17, 15) is 31.1 Å². The summed E-state index contributed by atoms with van der Waals surface area (Å²) >= 11 is 0. The number of fused-ring (bicyclic) bond motifs is 1. The zero-order chi connectivity index (χ0) is 29.4. The number of rotatable bonds is 6. The quantitative estimate of drug-likeness (QED) is 0.290. The van der Waals surface area contributed by atoms with Crippen LogP contribution in [-0.4, -0.2) is 43.8 Å². The number of piperidine rings is 1. The molecule has 1 fully saturated rings. The van der Waals surface area contributed by atoms with Gasteiger partial charge in [0, 0.05) is 23.1 Å². The lowest BCUT2D eigenvalue weighted by molar-refractivity contribution is -0.141. The molecule has 0 aliphatic carbocycles. The number of amides is 1. The Bertz CT molecular complexity index is 1570. The van der Waals surface area contributed by atoms with Gasteiger partial charge in [0.05, 0.1) is 35.2 Å². The summed E-state index contributed by atoms with van der Waals surface area (Å²) in [5.74, 6) is -0.0192. The Balaban J connectivity index is 1.53. The topological polar surface area (TPSA) is 110 Å². The van der Waals surface area contributed by atoms with Crippen LogP contribution < -0.4 is 11.1 Å². The van der Waals surface area contributed by atoms with Crippen molar-refractivity contribution in [2.45, 2.75) is 31.7 Å². The number of nitrogens with one attached hydrogen (secondary N) is 1. The number of halogens is 6. The Kier molecular flexibility index (Phi) is 7.51. The summed E-state index contributed by atoms with van der Waals surface area (Å²) in [4.78, 5) is 30.1. The highest BCUT2D eigenvalue weighted by Crippen LogP contribution is 2.37. The number of carbonyl (C=O) groups excluding carboxylic acids is 1. The number of nitrogens with two attached hydrogens (primary N) is 1. The standard InChI is InChI=1S/C27H23F6N7O/c28-26(29,30)19-2-1-9-35-23(19)16-3-5-18-20(12-16)38-22(14-40-10-7-15(8-11-40)24(34)41)39-25(18)37-17-4-6-21(36-13-17)27(31,32)33/h1-6,9,12-13,15H,7-8,10-11,14H2,(H2,34,41)(H,37,38,39). The highest BCUT2D eigenvalue weighted by molar-refractivity contribution is 5.93. The van der Waals surface area contributed by atoms with Crippen molar-refractivity contribution in [2.24, 2.45) is 11.7 Å². The van der Waals surface area contributed by atoms with Gasteiger partial charge in [-0.15, -0.1) is 0 Å². The molecule has 0 bridgehead atoms. The third-order valence-corrected chi connectivity index (χ3v) is 6.80. The summed E-state index contributed by atoms with van der Waals surface area (Å²) in [6, 6.07) is 8.62. The van der Waals surface area contributed by atoms with Crippen molar-refractivity contribution in [3.63, 3.8) is 0 Å². The Morgan fingerprint density at radius 2 is 1.73 bits per heavy atom. The predicted molar refractivity (Wildman–Crippen MR) is 137 cm³/mol. The van der Waals surface area contributed by atoms with E-state index in [1.807, 2.05) is 4.90 Å². The van der Waals surface area contributed by atoms with E-state index in [0.29, 0.717) is 42.7 Å². The molecule has 0 spiro atoms. The summed E-state index contributed by atoms with van der Waals surface area (Å²) in [7, 11) is 0. The molecule has 1 aliphatic heterocycles. The molecule has 1 aromatic carbocycles. The second-order valence-corrected chi connectivity index (χ2v) is 9.63. The van der Waals surface area contributed by atoms with Gasteiger partial charge in [0.15, 0.2) is 0 Å². The van der Waals surface area contributed by atoms with Gasteiger partial charge in [0.2, 0.25) is 5.91 Å². The maximum atomic E-state index is 13.7. The fraction of sp³-hybridized carbons (Fsp3) is 0.296. The van der Waals surface area contributed by atoms with Crippen LogP contribution in [0.1, 0.15) is 29.9 Å². The largest absolute Gasteiger partial charge is 0.433 e. The molecule has 41 heavy (non-hydrogen) atoms. The average Bonchev–Trinajstić information content (AvgIpc) is 2.92. The lowest BCUT2D eigenvalue weighted by Crippen LogP contribution is -2.38. The lowest BCUT2D eigenvalue weighted by Gasteiger charge is -2.29. The maximum Gasteiger partial charge on any atom is 0.433 e. The Hall–Kier alpha value is -4.33. The van der Waals surface area contributed by atoms with Crippen LogP contribution in [0.3, 0.4) is 0 Å². The Labute approximate surface area is 229 Å². The summed E-state index contributed by atoms with van der Waals surface area (Å²) < 4.78 is 79.9. The van der Waals surface area contributed by atoms with E-state index in [2.05, 4.69) is 25.3 Å². The van der Waals surface area contributed by atoms with E-state index in [-0.39, 0.29) is 41.1 Å². The van der Waals surface area contributed by atoms with Crippen molar-refractivity contribution in [1.82, 2.24) is 24.8 Å². The zero-order valence-electron chi connectivity index (χ0n) is 21.3. The number of carbonyl (C=O) groups is 1. The fourth-order valence-electron chi connectivity index (χ4n) is 4.70.